The predicted octanol–water partition coefficient (Wildman–Crippen LogP) is 5.31. The van der Waals surface area contributed by atoms with Crippen molar-refractivity contribution in [1.82, 2.24) is 9.78 Å². The summed E-state index contributed by atoms with van der Waals surface area (Å²) in [4.78, 5) is 12.6. The average molecular weight is 435 g/mol. The van der Waals surface area contributed by atoms with Crippen LogP contribution in [0.5, 0.6) is 17.2 Å². The number of aryl methyl sites for hydroxylation is 2. The molecule has 0 amide bonds. The first-order valence-corrected chi connectivity index (χ1v) is 10.8. The van der Waals surface area contributed by atoms with Crippen molar-refractivity contribution in [2.45, 2.75) is 34.3 Å². The van der Waals surface area contributed by atoms with Crippen LogP contribution in [0.3, 0.4) is 0 Å². The van der Waals surface area contributed by atoms with Gasteiger partial charge in [0.25, 0.3) is 0 Å². The molecule has 1 aromatic heterocycles. The van der Waals surface area contributed by atoms with Gasteiger partial charge in [-0.05, 0) is 69.2 Å². The number of hydrogen-bond acceptors (Lipinski definition) is 5. The zero-order valence-corrected chi connectivity index (χ0v) is 19.3. The predicted molar refractivity (Wildman–Crippen MR) is 126 cm³/mol. The second kappa shape index (κ2) is 10.7. The van der Waals surface area contributed by atoms with E-state index >= 15 is 0 Å². The molecule has 0 spiro atoms. The Kier molecular flexibility index (Phi) is 7.71. The third kappa shape index (κ3) is 5.58. The Morgan fingerprint density at radius 3 is 2.44 bits per heavy atom. The Morgan fingerprint density at radius 2 is 1.75 bits per heavy atom. The molecule has 168 valence electrons. The molecular weight excluding hydrogens is 404 g/mol. The van der Waals surface area contributed by atoms with Crippen molar-refractivity contribution >= 4 is 11.9 Å². The topological polar surface area (TPSA) is 62.6 Å². The second-order valence-electron chi connectivity index (χ2n) is 7.38. The van der Waals surface area contributed by atoms with Gasteiger partial charge in [0.15, 0.2) is 17.3 Å². The van der Waals surface area contributed by atoms with E-state index in [1.165, 1.54) is 0 Å². The Bertz CT molecular complexity index is 1120. The van der Waals surface area contributed by atoms with E-state index < -0.39 is 0 Å². The molecule has 0 N–H and O–H groups in total. The van der Waals surface area contributed by atoms with Crippen LogP contribution in [0.15, 0.2) is 48.5 Å². The first-order valence-electron chi connectivity index (χ1n) is 10.8. The van der Waals surface area contributed by atoms with Crippen molar-refractivity contribution in [3.63, 3.8) is 0 Å². The summed E-state index contributed by atoms with van der Waals surface area (Å²) in [6, 6.07) is 13.5. The van der Waals surface area contributed by atoms with Gasteiger partial charge in [0.05, 0.1) is 24.5 Å². The van der Waals surface area contributed by atoms with Crippen molar-refractivity contribution in [2.75, 3.05) is 13.2 Å². The molecular formula is C26H30N2O4. The molecule has 1 heterocycles. The summed E-state index contributed by atoms with van der Waals surface area (Å²) >= 11 is 0. The van der Waals surface area contributed by atoms with E-state index in [2.05, 4.69) is 5.10 Å². The molecule has 6 heteroatoms. The fourth-order valence-corrected chi connectivity index (χ4v) is 3.45. The van der Waals surface area contributed by atoms with E-state index in [1.54, 1.807) is 16.8 Å². The molecule has 0 aliphatic rings. The normalized spacial score (nSPS) is 11.0. The van der Waals surface area contributed by atoms with Crippen LogP contribution in [0.4, 0.5) is 0 Å². The number of nitrogens with zero attached hydrogens (tertiary/aromatic N) is 2. The maximum atomic E-state index is 12.6. The van der Waals surface area contributed by atoms with Crippen molar-refractivity contribution in [2.24, 2.45) is 7.05 Å². The van der Waals surface area contributed by atoms with Gasteiger partial charge in [-0.15, -0.1) is 0 Å². The monoisotopic (exact) mass is 434 g/mol. The van der Waals surface area contributed by atoms with E-state index in [0.29, 0.717) is 31.1 Å². The van der Waals surface area contributed by atoms with Crippen molar-refractivity contribution in [3.05, 3.63) is 76.6 Å². The number of rotatable bonds is 10. The van der Waals surface area contributed by atoms with Crippen LogP contribution in [-0.4, -0.2) is 28.8 Å². The highest BCUT2D eigenvalue weighted by Crippen LogP contribution is 2.29. The van der Waals surface area contributed by atoms with E-state index in [-0.39, 0.29) is 5.78 Å². The molecule has 6 nitrogen and oxygen atoms in total. The molecule has 3 rings (SSSR count). The molecule has 3 aromatic rings. The molecule has 0 fully saturated rings. The van der Waals surface area contributed by atoms with Crippen LogP contribution in [0.2, 0.25) is 0 Å². The fourth-order valence-electron chi connectivity index (χ4n) is 3.45. The second-order valence-corrected chi connectivity index (χ2v) is 7.38. The number of carbonyl (C=O) groups is 1. The largest absolute Gasteiger partial charge is 0.490 e. The molecule has 0 aliphatic carbocycles. The molecule has 0 saturated carbocycles. The van der Waals surface area contributed by atoms with Crippen LogP contribution < -0.4 is 14.2 Å². The maximum Gasteiger partial charge on any atom is 0.189 e. The summed E-state index contributed by atoms with van der Waals surface area (Å²) < 4.78 is 19.0. The molecule has 0 aliphatic heterocycles. The van der Waals surface area contributed by atoms with Crippen LogP contribution in [0.1, 0.15) is 46.7 Å². The Balaban J connectivity index is 1.68. The molecule has 0 radical (unpaired) electrons. The Hall–Kier alpha value is -3.54. The van der Waals surface area contributed by atoms with E-state index in [9.17, 15) is 4.79 Å². The van der Waals surface area contributed by atoms with Gasteiger partial charge >= 0.3 is 0 Å². The smallest absolute Gasteiger partial charge is 0.189 e. The van der Waals surface area contributed by atoms with Crippen molar-refractivity contribution < 1.29 is 19.0 Å². The van der Waals surface area contributed by atoms with Crippen LogP contribution in [0.25, 0.3) is 6.08 Å². The molecule has 0 unspecified atom stereocenters. The lowest BCUT2D eigenvalue weighted by Crippen LogP contribution is -2.01. The molecule has 0 atom stereocenters. The fraction of sp³-hybridized carbons (Fsp3) is 0.308. The van der Waals surface area contributed by atoms with E-state index in [0.717, 1.165) is 34.0 Å². The zero-order chi connectivity index (χ0) is 23.1. The molecule has 0 saturated heterocycles. The van der Waals surface area contributed by atoms with Crippen molar-refractivity contribution in [1.29, 1.82) is 0 Å². The number of allylic oxidation sites excluding steroid dienone is 1. The van der Waals surface area contributed by atoms with Gasteiger partial charge in [0, 0.05) is 12.7 Å². The van der Waals surface area contributed by atoms with Crippen LogP contribution in [0, 0.1) is 13.8 Å². The number of ketones is 1. The number of hydrogen-bond donors (Lipinski definition) is 0. The standard InChI is InChI=1S/C26H30N2O4/c1-6-30-24-14-12-21(16-25(24)31-7-2)17-32-22-10-8-9-20(15-22)11-13-23(29)26-18(3)27-28(5)19(26)4/h8-16H,6-7,17H2,1-5H3/b13-11+. The first kappa shape index (κ1) is 23.1. The third-order valence-electron chi connectivity index (χ3n) is 5.05. The summed E-state index contributed by atoms with van der Waals surface area (Å²) in [6.07, 6.45) is 3.38. The number of ether oxygens (including phenoxy) is 3. The minimum Gasteiger partial charge on any atom is -0.490 e. The highest BCUT2D eigenvalue weighted by molar-refractivity contribution is 6.08. The summed E-state index contributed by atoms with van der Waals surface area (Å²) in [5.41, 5.74) is 4.11. The Morgan fingerprint density at radius 1 is 1.00 bits per heavy atom. The molecule has 0 bridgehead atoms. The number of aromatic nitrogens is 2. The lowest BCUT2D eigenvalue weighted by molar-refractivity contribution is 0.104. The van der Waals surface area contributed by atoms with Gasteiger partial charge in [0.1, 0.15) is 12.4 Å². The van der Waals surface area contributed by atoms with Crippen LogP contribution in [-0.2, 0) is 13.7 Å². The van der Waals surface area contributed by atoms with Gasteiger partial charge in [-0.3, -0.25) is 9.48 Å². The summed E-state index contributed by atoms with van der Waals surface area (Å²) in [6.45, 7) is 9.18. The van der Waals surface area contributed by atoms with Gasteiger partial charge in [0.2, 0.25) is 0 Å². The third-order valence-corrected chi connectivity index (χ3v) is 5.05. The summed E-state index contributed by atoms with van der Waals surface area (Å²) in [5.74, 6) is 2.11. The quantitative estimate of drug-likeness (QED) is 0.320. The van der Waals surface area contributed by atoms with Gasteiger partial charge in [-0.2, -0.15) is 5.10 Å². The van der Waals surface area contributed by atoms with Crippen molar-refractivity contribution in [3.8, 4) is 17.2 Å². The maximum absolute atomic E-state index is 12.6. The number of carbonyl (C=O) groups excluding carboxylic acids is 1. The zero-order valence-electron chi connectivity index (χ0n) is 19.3. The number of benzene rings is 2. The SMILES string of the molecule is CCOc1ccc(COc2cccc(/C=C/C(=O)c3c(C)nn(C)c3C)c2)cc1OCC. The summed E-state index contributed by atoms with van der Waals surface area (Å²) in [7, 11) is 1.84. The minimum absolute atomic E-state index is 0.0581. The lowest BCUT2D eigenvalue weighted by Gasteiger charge is -2.13. The van der Waals surface area contributed by atoms with Gasteiger partial charge in [-0.1, -0.05) is 24.3 Å². The minimum atomic E-state index is -0.0581. The van der Waals surface area contributed by atoms with Gasteiger partial charge in [-0.25, -0.2) is 0 Å². The first-order chi connectivity index (χ1) is 15.4. The highest BCUT2D eigenvalue weighted by Gasteiger charge is 2.14. The van der Waals surface area contributed by atoms with E-state index in [1.807, 2.05) is 77.2 Å². The highest BCUT2D eigenvalue weighted by atomic mass is 16.5. The lowest BCUT2D eigenvalue weighted by atomic mass is 10.1. The van der Waals surface area contributed by atoms with Gasteiger partial charge < -0.3 is 14.2 Å². The molecule has 32 heavy (non-hydrogen) atoms. The van der Waals surface area contributed by atoms with Crippen LogP contribution >= 0.6 is 0 Å². The average Bonchev–Trinajstić information content (AvgIpc) is 3.04. The Labute approximate surface area is 189 Å². The summed E-state index contributed by atoms with van der Waals surface area (Å²) in [5, 5.41) is 4.31. The molecule has 2 aromatic carbocycles. The van der Waals surface area contributed by atoms with E-state index in [4.69, 9.17) is 14.2 Å².